The van der Waals surface area contributed by atoms with Crippen molar-refractivity contribution in [2.24, 2.45) is 5.92 Å². The molecule has 98 valence electrons. The first-order valence-electron chi connectivity index (χ1n) is 7.38. The van der Waals surface area contributed by atoms with E-state index in [1.165, 1.54) is 44.9 Å². The molecule has 0 saturated carbocycles. The van der Waals surface area contributed by atoms with Crippen LogP contribution in [0.4, 0.5) is 0 Å². The second-order valence-electron chi connectivity index (χ2n) is 5.51. The maximum atomic E-state index is 5.88. The Labute approximate surface area is 106 Å². The minimum Gasteiger partial charge on any atom is -0.377 e. The van der Waals surface area contributed by atoms with Gasteiger partial charge in [-0.2, -0.15) is 0 Å². The van der Waals surface area contributed by atoms with E-state index in [0.717, 1.165) is 32.2 Å². The van der Waals surface area contributed by atoms with Gasteiger partial charge in [-0.05, 0) is 50.1 Å². The van der Waals surface area contributed by atoms with Gasteiger partial charge in [-0.1, -0.05) is 25.3 Å². The molecule has 0 amide bonds. The summed E-state index contributed by atoms with van der Waals surface area (Å²) in [7, 11) is 0. The van der Waals surface area contributed by atoms with E-state index in [9.17, 15) is 0 Å². The fraction of sp³-hybridized carbons (Fsp3) is 0.867. The van der Waals surface area contributed by atoms with E-state index in [1.54, 1.807) is 11.1 Å². The van der Waals surface area contributed by atoms with Crippen LogP contribution in [0.5, 0.6) is 0 Å². The van der Waals surface area contributed by atoms with E-state index >= 15 is 0 Å². The van der Waals surface area contributed by atoms with Crippen molar-refractivity contribution in [3.63, 3.8) is 0 Å². The lowest BCUT2D eigenvalue weighted by molar-refractivity contribution is 0.134. The zero-order chi connectivity index (χ0) is 11.9. The second-order valence-corrected chi connectivity index (χ2v) is 5.51. The van der Waals surface area contributed by atoms with Crippen LogP contribution in [0.3, 0.4) is 0 Å². The quantitative estimate of drug-likeness (QED) is 0.707. The first-order chi connectivity index (χ1) is 8.40. The normalized spacial score (nSPS) is 28.4. The maximum absolute atomic E-state index is 5.88. The van der Waals surface area contributed by atoms with Crippen molar-refractivity contribution in [3.05, 3.63) is 11.1 Å². The number of ether oxygens (including phenoxy) is 1. The van der Waals surface area contributed by atoms with Crippen LogP contribution in [0.25, 0.3) is 0 Å². The molecule has 0 fully saturated rings. The summed E-state index contributed by atoms with van der Waals surface area (Å²) in [6, 6.07) is 0. The fourth-order valence-electron chi connectivity index (χ4n) is 2.92. The van der Waals surface area contributed by atoms with Crippen molar-refractivity contribution in [2.45, 2.75) is 51.9 Å². The molecule has 0 unspecified atom stereocenters. The monoisotopic (exact) mass is 237 g/mol. The molecule has 2 nitrogen and oxygen atoms in total. The van der Waals surface area contributed by atoms with Gasteiger partial charge in [-0.15, -0.1) is 0 Å². The lowest BCUT2D eigenvalue weighted by Crippen LogP contribution is -2.27. The van der Waals surface area contributed by atoms with Gasteiger partial charge in [0, 0.05) is 13.2 Å². The van der Waals surface area contributed by atoms with Crippen LogP contribution in [0.2, 0.25) is 0 Å². The van der Waals surface area contributed by atoms with E-state index in [2.05, 4.69) is 12.2 Å². The van der Waals surface area contributed by atoms with Gasteiger partial charge in [0.05, 0.1) is 6.61 Å². The molecule has 1 aliphatic heterocycles. The summed E-state index contributed by atoms with van der Waals surface area (Å²) >= 11 is 0. The second kappa shape index (κ2) is 7.17. The Hall–Kier alpha value is -0.340. The Morgan fingerprint density at radius 3 is 2.82 bits per heavy atom. The highest BCUT2D eigenvalue weighted by Crippen LogP contribution is 2.24. The van der Waals surface area contributed by atoms with E-state index < -0.39 is 0 Å². The Kier molecular flexibility index (Phi) is 5.53. The van der Waals surface area contributed by atoms with Crippen molar-refractivity contribution >= 4 is 0 Å². The van der Waals surface area contributed by atoms with Crippen molar-refractivity contribution in [1.29, 1.82) is 0 Å². The minimum absolute atomic E-state index is 0.794. The molecular weight excluding hydrogens is 210 g/mol. The van der Waals surface area contributed by atoms with Gasteiger partial charge in [-0.25, -0.2) is 0 Å². The highest BCUT2D eigenvalue weighted by atomic mass is 16.5. The highest BCUT2D eigenvalue weighted by Gasteiger charge is 2.14. The molecule has 0 radical (unpaired) electrons. The molecule has 1 atom stereocenters. The minimum atomic E-state index is 0.794. The maximum Gasteiger partial charge on any atom is 0.0679 e. The van der Waals surface area contributed by atoms with E-state index in [4.69, 9.17) is 4.74 Å². The summed E-state index contributed by atoms with van der Waals surface area (Å²) in [4.78, 5) is 0. The Morgan fingerprint density at radius 1 is 1.18 bits per heavy atom. The first kappa shape index (κ1) is 13.1. The number of hydrogen-bond donors (Lipinski definition) is 1. The molecule has 0 aromatic rings. The van der Waals surface area contributed by atoms with E-state index in [-0.39, 0.29) is 0 Å². The fourth-order valence-corrected chi connectivity index (χ4v) is 2.92. The van der Waals surface area contributed by atoms with Crippen LogP contribution in [0, 0.1) is 5.92 Å². The van der Waals surface area contributed by atoms with Gasteiger partial charge in [0.1, 0.15) is 0 Å². The standard InChI is InChI=1S/C15H27NO/c1-2-13-8-9-17-12-15-7-5-3-4-6-14(15)11-16-10-13/h13,16H,2-12H2,1H3/t13-/m1/s1. The van der Waals surface area contributed by atoms with Crippen LogP contribution < -0.4 is 5.32 Å². The molecule has 0 spiro atoms. The van der Waals surface area contributed by atoms with Crippen LogP contribution in [-0.4, -0.2) is 26.3 Å². The van der Waals surface area contributed by atoms with Crippen LogP contribution >= 0.6 is 0 Å². The zero-order valence-corrected chi connectivity index (χ0v) is 11.3. The lowest BCUT2D eigenvalue weighted by atomic mass is 10.0. The molecule has 1 heterocycles. The number of hydrogen-bond acceptors (Lipinski definition) is 2. The van der Waals surface area contributed by atoms with Crippen molar-refractivity contribution in [1.82, 2.24) is 5.32 Å². The molecule has 0 saturated heterocycles. The lowest BCUT2D eigenvalue weighted by Gasteiger charge is -2.21. The summed E-state index contributed by atoms with van der Waals surface area (Å²) in [6.45, 7) is 6.39. The molecular formula is C15H27NO. The topological polar surface area (TPSA) is 21.3 Å². The van der Waals surface area contributed by atoms with E-state index in [0.29, 0.717) is 0 Å². The molecule has 2 rings (SSSR count). The van der Waals surface area contributed by atoms with Gasteiger partial charge >= 0.3 is 0 Å². The number of nitrogens with one attached hydrogen (secondary N) is 1. The highest BCUT2D eigenvalue weighted by molar-refractivity contribution is 5.18. The summed E-state index contributed by atoms with van der Waals surface area (Å²) in [5.41, 5.74) is 3.25. The summed E-state index contributed by atoms with van der Waals surface area (Å²) in [5, 5.41) is 3.67. The number of rotatable bonds is 1. The third-order valence-electron chi connectivity index (χ3n) is 4.25. The third-order valence-corrected chi connectivity index (χ3v) is 4.25. The van der Waals surface area contributed by atoms with Gasteiger partial charge in [0.15, 0.2) is 0 Å². The van der Waals surface area contributed by atoms with Gasteiger partial charge in [-0.3, -0.25) is 0 Å². The third kappa shape index (κ3) is 4.11. The van der Waals surface area contributed by atoms with Gasteiger partial charge in [0.25, 0.3) is 0 Å². The SMILES string of the molecule is CC[C@@H]1CCOCC2=C(CCCCC2)CNC1. The van der Waals surface area contributed by atoms with Gasteiger partial charge in [0.2, 0.25) is 0 Å². The largest absolute Gasteiger partial charge is 0.377 e. The average Bonchev–Trinajstić information content (AvgIpc) is 2.58. The predicted octanol–water partition coefficient (Wildman–Crippen LogP) is 3.28. The van der Waals surface area contributed by atoms with Crippen LogP contribution in [0.1, 0.15) is 51.9 Å². The van der Waals surface area contributed by atoms with Crippen LogP contribution in [-0.2, 0) is 4.74 Å². The molecule has 17 heavy (non-hydrogen) atoms. The van der Waals surface area contributed by atoms with Crippen molar-refractivity contribution < 1.29 is 4.74 Å². The summed E-state index contributed by atoms with van der Waals surface area (Å²) in [6.07, 6.45) is 9.17. The molecule has 1 aliphatic carbocycles. The van der Waals surface area contributed by atoms with Crippen molar-refractivity contribution in [3.8, 4) is 0 Å². The summed E-state index contributed by atoms with van der Waals surface area (Å²) in [5.74, 6) is 0.794. The molecule has 1 N–H and O–H groups in total. The molecule has 0 aromatic heterocycles. The summed E-state index contributed by atoms with van der Waals surface area (Å²) < 4.78 is 5.88. The zero-order valence-electron chi connectivity index (χ0n) is 11.3. The van der Waals surface area contributed by atoms with E-state index in [1.807, 2.05) is 0 Å². The Balaban J connectivity index is 1.97. The molecule has 0 bridgehead atoms. The average molecular weight is 237 g/mol. The predicted molar refractivity (Wildman–Crippen MR) is 72.2 cm³/mol. The molecule has 2 heteroatoms. The molecule has 0 aromatic carbocycles. The first-order valence-corrected chi connectivity index (χ1v) is 7.38. The Bertz CT molecular complexity index is 260. The van der Waals surface area contributed by atoms with Crippen LogP contribution in [0.15, 0.2) is 11.1 Å². The van der Waals surface area contributed by atoms with Crippen molar-refractivity contribution in [2.75, 3.05) is 26.3 Å². The van der Waals surface area contributed by atoms with Gasteiger partial charge < -0.3 is 10.1 Å². The Morgan fingerprint density at radius 2 is 2.00 bits per heavy atom. The molecule has 2 aliphatic rings. The smallest absolute Gasteiger partial charge is 0.0679 e.